The van der Waals surface area contributed by atoms with Crippen LogP contribution >= 0.6 is 0 Å². The summed E-state index contributed by atoms with van der Waals surface area (Å²) < 4.78 is 3.51. The van der Waals surface area contributed by atoms with Crippen molar-refractivity contribution in [3.05, 3.63) is 55.1 Å². The van der Waals surface area contributed by atoms with Gasteiger partial charge < -0.3 is 10.2 Å². The van der Waals surface area contributed by atoms with Gasteiger partial charge in [-0.05, 0) is 25.0 Å². The van der Waals surface area contributed by atoms with Gasteiger partial charge in [-0.2, -0.15) is 10.2 Å². The largest absolute Gasteiger partial charge is 0.371 e. The van der Waals surface area contributed by atoms with E-state index in [0.29, 0.717) is 0 Å². The molecule has 1 aliphatic rings. The summed E-state index contributed by atoms with van der Waals surface area (Å²) >= 11 is 0. The average molecular weight is 336 g/mol. The van der Waals surface area contributed by atoms with E-state index < -0.39 is 0 Å². The Kier molecular flexibility index (Phi) is 3.97. The molecular weight excluding hydrogens is 316 g/mol. The van der Waals surface area contributed by atoms with Crippen LogP contribution in [-0.4, -0.2) is 38.1 Å². The van der Waals surface area contributed by atoms with Gasteiger partial charge in [0.2, 0.25) is 5.91 Å². The quantitative estimate of drug-likeness (QED) is 0.793. The van der Waals surface area contributed by atoms with Gasteiger partial charge in [0, 0.05) is 19.8 Å². The molecule has 0 saturated carbocycles. The van der Waals surface area contributed by atoms with Gasteiger partial charge in [0.1, 0.15) is 6.04 Å². The number of aryl methyl sites for hydroxylation is 1. The summed E-state index contributed by atoms with van der Waals surface area (Å²) in [4.78, 5) is 14.6. The number of aromatic nitrogens is 4. The molecule has 7 nitrogen and oxygen atoms in total. The highest BCUT2D eigenvalue weighted by atomic mass is 16.2. The Balaban J connectivity index is 1.49. The maximum Gasteiger partial charge on any atom is 0.249 e. The minimum absolute atomic E-state index is 0.0757. The Morgan fingerprint density at radius 3 is 2.68 bits per heavy atom. The fraction of sp³-hybridized carbons (Fsp3) is 0.278. The summed E-state index contributed by atoms with van der Waals surface area (Å²) in [5, 5.41) is 11.9. The third kappa shape index (κ3) is 3.13. The molecule has 3 aromatic rings. The number of hydrogen-bond donors (Lipinski definition) is 1. The van der Waals surface area contributed by atoms with Gasteiger partial charge in [0.15, 0.2) is 0 Å². The van der Waals surface area contributed by atoms with Crippen LogP contribution in [0.15, 0.2) is 55.1 Å². The summed E-state index contributed by atoms with van der Waals surface area (Å²) in [7, 11) is 1.85. The van der Waals surface area contributed by atoms with Crippen molar-refractivity contribution in [2.45, 2.75) is 18.9 Å². The molecule has 1 fully saturated rings. The molecule has 1 saturated heterocycles. The second-order valence-corrected chi connectivity index (χ2v) is 6.21. The van der Waals surface area contributed by atoms with Crippen molar-refractivity contribution >= 4 is 17.3 Å². The number of carbonyl (C=O) groups is 1. The second kappa shape index (κ2) is 6.43. The number of benzene rings is 1. The number of hydrogen-bond acceptors (Lipinski definition) is 4. The molecule has 128 valence electrons. The monoisotopic (exact) mass is 336 g/mol. The molecule has 1 N–H and O–H groups in total. The second-order valence-electron chi connectivity index (χ2n) is 6.21. The lowest BCUT2D eigenvalue weighted by atomic mass is 10.0. The third-order valence-electron chi connectivity index (χ3n) is 4.39. The van der Waals surface area contributed by atoms with E-state index in [-0.39, 0.29) is 11.9 Å². The number of nitrogens with zero attached hydrogens (tertiary/aromatic N) is 5. The van der Waals surface area contributed by atoms with Crippen LogP contribution in [0.3, 0.4) is 0 Å². The minimum Gasteiger partial charge on any atom is -0.371 e. The molecule has 0 bridgehead atoms. The van der Waals surface area contributed by atoms with Crippen molar-refractivity contribution in [3.8, 4) is 5.69 Å². The third-order valence-corrected chi connectivity index (χ3v) is 4.39. The molecule has 7 heteroatoms. The molecule has 25 heavy (non-hydrogen) atoms. The van der Waals surface area contributed by atoms with Gasteiger partial charge in [-0.3, -0.25) is 9.48 Å². The van der Waals surface area contributed by atoms with Gasteiger partial charge >= 0.3 is 0 Å². The van der Waals surface area contributed by atoms with E-state index in [1.54, 1.807) is 26.7 Å². The van der Waals surface area contributed by atoms with E-state index in [4.69, 9.17) is 0 Å². The molecule has 1 atom stereocenters. The molecule has 3 heterocycles. The van der Waals surface area contributed by atoms with E-state index in [2.05, 4.69) is 15.5 Å². The molecule has 4 rings (SSSR count). The number of rotatable bonds is 4. The number of amides is 1. The minimum atomic E-state index is -0.248. The molecule has 1 amide bonds. The Morgan fingerprint density at radius 1 is 1.08 bits per heavy atom. The standard InChI is InChI=1S/C18H20N6O/c1-22-13-16(11-19-22)23-9-5-8-17(18(23)25)21-14-10-20-24(12-14)15-6-3-2-4-7-15/h2-4,6-7,10-13,17,21H,5,8-9H2,1H3. The summed E-state index contributed by atoms with van der Waals surface area (Å²) in [5.74, 6) is 0.0757. The summed E-state index contributed by atoms with van der Waals surface area (Å²) in [6, 6.07) is 9.66. The maximum absolute atomic E-state index is 12.8. The number of nitrogens with one attached hydrogen (secondary N) is 1. The van der Waals surface area contributed by atoms with Crippen LogP contribution in [0.4, 0.5) is 11.4 Å². The Bertz CT molecular complexity index is 869. The average Bonchev–Trinajstić information content (AvgIpc) is 3.27. The highest BCUT2D eigenvalue weighted by Gasteiger charge is 2.30. The lowest BCUT2D eigenvalue weighted by Gasteiger charge is -2.31. The molecule has 1 aliphatic heterocycles. The highest BCUT2D eigenvalue weighted by Crippen LogP contribution is 2.23. The predicted octanol–water partition coefficient (Wildman–Crippen LogP) is 2.21. The van der Waals surface area contributed by atoms with E-state index >= 15 is 0 Å². The topological polar surface area (TPSA) is 68.0 Å². The zero-order chi connectivity index (χ0) is 17.2. The summed E-state index contributed by atoms with van der Waals surface area (Å²) in [6.07, 6.45) is 9.02. The lowest BCUT2D eigenvalue weighted by Crippen LogP contribution is -2.47. The van der Waals surface area contributed by atoms with Crippen LogP contribution in [0.5, 0.6) is 0 Å². The smallest absolute Gasteiger partial charge is 0.249 e. The van der Waals surface area contributed by atoms with Gasteiger partial charge in [-0.1, -0.05) is 18.2 Å². The Morgan fingerprint density at radius 2 is 1.92 bits per heavy atom. The van der Waals surface area contributed by atoms with Crippen LogP contribution in [0.2, 0.25) is 0 Å². The maximum atomic E-state index is 12.8. The molecular formula is C18H20N6O. The van der Waals surface area contributed by atoms with Gasteiger partial charge in [-0.25, -0.2) is 4.68 Å². The fourth-order valence-corrected chi connectivity index (χ4v) is 3.13. The van der Waals surface area contributed by atoms with Crippen molar-refractivity contribution in [2.75, 3.05) is 16.8 Å². The zero-order valence-electron chi connectivity index (χ0n) is 14.0. The molecule has 0 aliphatic carbocycles. The summed E-state index contributed by atoms with van der Waals surface area (Å²) in [6.45, 7) is 0.728. The number of carbonyl (C=O) groups excluding carboxylic acids is 1. The van der Waals surface area contributed by atoms with E-state index in [0.717, 1.165) is 36.4 Å². The molecule has 0 radical (unpaired) electrons. The molecule has 0 spiro atoms. The normalized spacial score (nSPS) is 17.7. The van der Waals surface area contributed by atoms with Crippen molar-refractivity contribution in [2.24, 2.45) is 7.05 Å². The fourth-order valence-electron chi connectivity index (χ4n) is 3.13. The van der Waals surface area contributed by atoms with Crippen LogP contribution < -0.4 is 10.2 Å². The van der Waals surface area contributed by atoms with E-state index in [1.165, 1.54) is 0 Å². The van der Waals surface area contributed by atoms with E-state index in [1.807, 2.05) is 49.8 Å². The molecule has 1 aromatic carbocycles. The molecule has 1 unspecified atom stereocenters. The number of piperidine rings is 1. The Hall–Kier alpha value is -3.09. The van der Waals surface area contributed by atoms with Crippen LogP contribution in [0, 0.1) is 0 Å². The van der Waals surface area contributed by atoms with Crippen LogP contribution in [-0.2, 0) is 11.8 Å². The van der Waals surface area contributed by atoms with E-state index in [9.17, 15) is 4.79 Å². The SMILES string of the molecule is Cn1cc(N2CCCC(Nc3cnn(-c4ccccc4)c3)C2=O)cn1. The van der Waals surface area contributed by atoms with Crippen LogP contribution in [0.25, 0.3) is 5.69 Å². The zero-order valence-corrected chi connectivity index (χ0v) is 14.0. The van der Waals surface area contributed by atoms with Gasteiger partial charge in [0.05, 0.1) is 35.7 Å². The van der Waals surface area contributed by atoms with Crippen molar-refractivity contribution in [1.29, 1.82) is 0 Å². The Labute approximate surface area is 145 Å². The summed E-state index contributed by atoms with van der Waals surface area (Å²) in [5.41, 5.74) is 2.68. The number of para-hydroxylation sites is 1. The first-order valence-electron chi connectivity index (χ1n) is 8.37. The predicted molar refractivity (Wildman–Crippen MR) is 95.8 cm³/mol. The van der Waals surface area contributed by atoms with Crippen molar-refractivity contribution in [3.63, 3.8) is 0 Å². The van der Waals surface area contributed by atoms with Crippen molar-refractivity contribution in [1.82, 2.24) is 19.6 Å². The first kappa shape index (κ1) is 15.4. The lowest BCUT2D eigenvalue weighted by molar-refractivity contribution is -0.120. The number of anilines is 2. The van der Waals surface area contributed by atoms with Crippen LogP contribution in [0.1, 0.15) is 12.8 Å². The van der Waals surface area contributed by atoms with Gasteiger partial charge in [0.25, 0.3) is 0 Å². The first-order valence-corrected chi connectivity index (χ1v) is 8.37. The first-order chi connectivity index (χ1) is 12.2. The van der Waals surface area contributed by atoms with Gasteiger partial charge in [-0.15, -0.1) is 0 Å². The van der Waals surface area contributed by atoms with Crippen molar-refractivity contribution < 1.29 is 4.79 Å². The molecule has 2 aromatic heterocycles. The highest BCUT2D eigenvalue weighted by molar-refractivity contribution is 5.99.